The SMILES string of the molecule is O=S(=O)(NC1C2CCOC2C12CCCC2)c1cnn(Cc2ccccc2)c1. The second-order valence-electron chi connectivity index (χ2n) is 8.14. The third-order valence-corrected chi connectivity index (χ3v) is 8.07. The van der Waals surface area contributed by atoms with Crippen molar-refractivity contribution in [3.8, 4) is 0 Å². The summed E-state index contributed by atoms with van der Waals surface area (Å²) in [5, 5.41) is 4.26. The first kappa shape index (κ1) is 17.4. The third-order valence-electron chi connectivity index (χ3n) is 6.68. The molecule has 0 amide bonds. The molecule has 1 aromatic carbocycles. The zero-order chi connectivity index (χ0) is 18.5. The maximum atomic E-state index is 13.0. The molecule has 1 saturated heterocycles. The molecule has 1 aliphatic heterocycles. The van der Waals surface area contributed by atoms with Crippen LogP contribution in [0.5, 0.6) is 0 Å². The smallest absolute Gasteiger partial charge is 0.243 e. The monoisotopic (exact) mass is 387 g/mol. The van der Waals surface area contributed by atoms with E-state index in [9.17, 15) is 8.42 Å². The summed E-state index contributed by atoms with van der Waals surface area (Å²) in [4.78, 5) is 0.244. The van der Waals surface area contributed by atoms with Crippen molar-refractivity contribution in [2.45, 2.75) is 55.7 Å². The number of benzene rings is 1. The van der Waals surface area contributed by atoms with Crippen molar-refractivity contribution in [1.82, 2.24) is 14.5 Å². The molecule has 2 aromatic rings. The highest BCUT2D eigenvalue weighted by molar-refractivity contribution is 7.89. The van der Waals surface area contributed by atoms with Gasteiger partial charge in [-0.25, -0.2) is 13.1 Å². The fourth-order valence-electron chi connectivity index (χ4n) is 5.43. The molecule has 144 valence electrons. The molecule has 2 aliphatic carbocycles. The van der Waals surface area contributed by atoms with Gasteiger partial charge in [0.2, 0.25) is 10.0 Å². The Bertz CT molecular complexity index is 919. The van der Waals surface area contributed by atoms with E-state index in [1.165, 1.54) is 19.0 Å². The normalized spacial score (nSPS) is 29.0. The fourth-order valence-corrected chi connectivity index (χ4v) is 6.76. The van der Waals surface area contributed by atoms with Gasteiger partial charge < -0.3 is 4.74 Å². The molecule has 0 bridgehead atoms. The van der Waals surface area contributed by atoms with E-state index in [1.807, 2.05) is 30.3 Å². The Balaban J connectivity index is 1.34. The molecule has 6 nitrogen and oxygen atoms in total. The van der Waals surface area contributed by atoms with Gasteiger partial charge in [-0.1, -0.05) is 43.2 Å². The largest absolute Gasteiger partial charge is 0.377 e. The minimum Gasteiger partial charge on any atom is -0.377 e. The van der Waals surface area contributed by atoms with Crippen LogP contribution in [0.2, 0.25) is 0 Å². The number of fused-ring (bicyclic) bond motifs is 2. The van der Waals surface area contributed by atoms with Gasteiger partial charge in [0.1, 0.15) is 4.90 Å². The molecule has 3 fully saturated rings. The lowest BCUT2D eigenvalue weighted by Crippen LogP contribution is -2.68. The quantitative estimate of drug-likeness (QED) is 0.856. The maximum Gasteiger partial charge on any atom is 0.243 e. The number of nitrogens with zero attached hydrogens (tertiary/aromatic N) is 2. The van der Waals surface area contributed by atoms with Crippen molar-refractivity contribution in [2.75, 3.05) is 6.61 Å². The molecule has 3 atom stereocenters. The Kier molecular flexibility index (Phi) is 4.14. The maximum absolute atomic E-state index is 13.0. The van der Waals surface area contributed by atoms with E-state index in [4.69, 9.17) is 4.74 Å². The molecule has 3 aliphatic rings. The first-order chi connectivity index (χ1) is 13.1. The van der Waals surface area contributed by atoms with Crippen molar-refractivity contribution in [1.29, 1.82) is 0 Å². The molecule has 1 aromatic heterocycles. The lowest BCUT2D eigenvalue weighted by molar-refractivity contribution is -0.123. The minimum absolute atomic E-state index is 0.00465. The first-order valence-electron chi connectivity index (χ1n) is 9.79. The predicted molar refractivity (Wildman–Crippen MR) is 101 cm³/mol. The minimum atomic E-state index is -3.58. The molecule has 27 heavy (non-hydrogen) atoms. The Hall–Kier alpha value is -1.70. The summed E-state index contributed by atoms with van der Waals surface area (Å²) < 4.78 is 36.7. The van der Waals surface area contributed by atoms with Gasteiger partial charge >= 0.3 is 0 Å². The number of sulfonamides is 1. The molecule has 2 saturated carbocycles. The van der Waals surface area contributed by atoms with Gasteiger partial charge in [0.15, 0.2) is 0 Å². The van der Waals surface area contributed by atoms with Crippen LogP contribution in [0.3, 0.4) is 0 Å². The van der Waals surface area contributed by atoms with E-state index in [2.05, 4.69) is 9.82 Å². The van der Waals surface area contributed by atoms with Crippen molar-refractivity contribution >= 4 is 10.0 Å². The summed E-state index contributed by atoms with van der Waals surface area (Å²) in [5.74, 6) is 0.317. The molecule has 2 heterocycles. The van der Waals surface area contributed by atoms with Gasteiger partial charge in [0.25, 0.3) is 0 Å². The van der Waals surface area contributed by atoms with Crippen LogP contribution in [0.25, 0.3) is 0 Å². The first-order valence-corrected chi connectivity index (χ1v) is 11.3. The standard InChI is InChI=1S/C20H25N3O3S/c24-27(25,16-12-21-23(14-16)13-15-6-2-1-3-7-15)22-18-17-8-11-26-19(17)20(18)9-4-5-10-20/h1-3,6-7,12,14,17-19,22H,4-5,8-11,13H2. The van der Waals surface area contributed by atoms with Gasteiger partial charge in [-0.2, -0.15) is 5.10 Å². The Morgan fingerprint density at radius 3 is 2.78 bits per heavy atom. The number of hydrogen-bond acceptors (Lipinski definition) is 4. The lowest BCUT2D eigenvalue weighted by atomic mass is 9.55. The zero-order valence-electron chi connectivity index (χ0n) is 15.3. The molecule has 1 spiro atoms. The van der Waals surface area contributed by atoms with E-state index in [0.717, 1.165) is 31.4 Å². The number of hydrogen-bond donors (Lipinski definition) is 1. The average molecular weight is 388 g/mol. The van der Waals surface area contributed by atoms with E-state index < -0.39 is 10.0 Å². The van der Waals surface area contributed by atoms with Crippen LogP contribution in [0.4, 0.5) is 0 Å². The highest BCUT2D eigenvalue weighted by Gasteiger charge is 2.65. The van der Waals surface area contributed by atoms with Gasteiger partial charge in [-0.05, 0) is 24.8 Å². The topological polar surface area (TPSA) is 73.2 Å². The van der Waals surface area contributed by atoms with E-state index in [-0.39, 0.29) is 22.5 Å². The van der Waals surface area contributed by atoms with Crippen molar-refractivity contribution in [3.63, 3.8) is 0 Å². The van der Waals surface area contributed by atoms with Crippen molar-refractivity contribution < 1.29 is 13.2 Å². The molecule has 3 unspecified atom stereocenters. The summed E-state index contributed by atoms with van der Waals surface area (Å²) in [6.45, 7) is 1.31. The van der Waals surface area contributed by atoms with Crippen LogP contribution in [0, 0.1) is 11.3 Å². The molecule has 5 rings (SSSR count). The zero-order valence-corrected chi connectivity index (χ0v) is 16.1. The van der Waals surface area contributed by atoms with E-state index in [1.54, 1.807) is 10.9 Å². The highest BCUT2D eigenvalue weighted by Crippen LogP contribution is 2.60. The number of ether oxygens (including phenoxy) is 1. The number of rotatable bonds is 5. The van der Waals surface area contributed by atoms with Crippen LogP contribution in [0.15, 0.2) is 47.6 Å². The summed E-state index contributed by atoms with van der Waals surface area (Å²) in [6.07, 6.45) is 8.73. The fraction of sp³-hybridized carbons (Fsp3) is 0.550. The van der Waals surface area contributed by atoms with Gasteiger partial charge in [0.05, 0.1) is 18.8 Å². The summed E-state index contributed by atoms with van der Waals surface area (Å²) in [5.41, 5.74) is 1.10. The lowest BCUT2D eigenvalue weighted by Gasteiger charge is -2.56. The van der Waals surface area contributed by atoms with Crippen LogP contribution in [-0.4, -0.2) is 37.0 Å². The molecular formula is C20H25N3O3S. The second-order valence-corrected chi connectivity index (χ2v) is 9.86. The highest BCUT2D eigenvalue weighted by atomic mass is 32.2. The van der Waals surface area contributed by atoms with Crippen LogP contribution in [0.1, 0.15) is 37.7 Å². The average Bonchev–Trinajstić information content (AvgIpc) is 3.40. The molecule has 7 heteroatoms. The predicted octanol–water partition coefficient (Wildman–Crippen LogP) is 2.56. The van der Waals surface area contributed by atoms with Crippen LogP contribution in [-0.2, 0) is 21.3 Å². The summed E-state index contributed by atoms with van der Waals surface area (Å²) >= 11 is 0. The van der Waals surface area contributed by atoms with Crippen molar-refractivity contribution in [3.05, 3.63) is 48.3 Å². The molecule has 0 radical (unpaired) electrons. The van der Waals surface area contributed by atoms with Gasteiger partial charge in [-0.15, -0.1) is 0 Å². The van der Waals surface area contributed by atoms with Gasteiger partial charge in [-0.3, -0.25) is 4.68 Å². The van der Waals surface area contributed by atoms with Crippen LogP contribution >= 0.6 is 0 Å². The third kappa shape index (κ3) is 2.83. The second kappa shape index (κ2) is 6.43. The number of aromatic nitrogens is 2. The number of nitrogens with one attached hydrogen (secondary N) is 1. The van der Waals surface area contributed by atoms with Crippen molar-refractivity contribution in [2.24, 2.45) is 11.3 Å². The Morgan fingerprint density at radius 1 is 1.22 bits per heavy atom. The summed E-state index contributed by atoms with van der Waals surface area (Å²) in [7, 11) is -3.58. The van der Waals surface area contributed by atoms with E-state index in [0.29, 0.717) is 12.5 Å². The Labute approximate surface area is 160 Å². The molecule has 1 N–H and O–H groups in total. The van der Waals surface area contributed by atoms with E-state index >= 15 is 0 Å². The van der Waals surface area contributed by atoms with Crippen LogP contribution < -0.4 is 4.72 Å². The Morgan fingerprint density at radius 2 is 2.00 bits per heavy atom. The van der Waals surface area contributed by atoms with Gasteiger partial charge in [0, 0.05) is 30.2 Å². The summed E-state index contributed by atoms with van der Waals surface area (Å²) in [6, 6.07) is 9.91. The molecular weight excluding hydrogens is 362 g/mol.